The summed E-state index contributed by atoms with van der Waals surface area (Å²) < 4.78 is 0. The van der Waals surface area contributed by atoms with Gasteiger partial charge >= 0.3 is 0 Å². The number of rotatable bonds is 3. The minimum Gasteiger partial charge on any atom is -0.341 e. The fourth-order valence-electron chi connectivity index (χ4n) is 3.95. The Labute approximate surface area is 161 Å². The largest absolute Gasteiger partial charge is 0.341 e. The Kier molecular flexibility index (Phi) is 6.14. The van der Waals surface area contributed by atoms with Gasteiger partial charge in [0.05, 0.1) is 0 Å². The van der Waals surface area contributed by atoms with Crippen LogP contribution in [0.3, 0.4) is 0 Å². The highest BCUT2D eigenvalue weighted by molar-refractivity contribution is 5.98. The molecule has 3 rings (SSSR count). The van der Waals surface area contributed by atoms with Gasteiger partial charge in [0.2, 0.25) is 11.8 Å². The molecule has 2 heterocycles. The molecule has 0 radical (unpaired) electrons. The van der Waals surface area contributed by atoms with Crippen LogP contribution >= 0.6 is 0 Å². The van der Waals surface area contributed by atoms with Gasteiger partial charge in [0.25, 0.3) is 5.91 Å². The molecule has 2 aliphatic heterocycles. The molecule has 2 saturated heterocycles. The first-order chi connectivity index (χ1) is 13.0. The van der Waals surface area contributed by atoms with E-state index in [0.717, 1.165) is 12.8 Å². The SMILES string of the molecule is CC(C)C(=O)N1CCCN(C(=O)C2CCCN2C(=O)c2ccccc2)CC1. The van der Waals surface area contributed by atoms with E-state index in [9.17, 15) is 14.4 Å². The van der Waals surface area contributed by atoms with Crippen molar-refractivity contribution >= 4 is 17.7 Å². The Balaban J connectivity index is 1.66. The minimum absolute atomic E-state index is 0.0237. The number of carbonyl (C=O) groups is 3. The molecule has 0 saturated carbocycles. The molecule has 6 heteroatoms. The van der Waals surface area contributed by atoms with E-state index in [0.29, 0.717) is 44.7 Å². The van der Waals surface area contributed by atoms with E-state index in [4.69, 9.17) is 0 Å². The summed E-state index contributed by atoms with van der Waals surface area (Å²) in [7, 11) is 0. The molecule has 2 aliphatic rings. The van der Waals surface area contributed by atoms with E-state index in [1.165, 1.54) is 0 Å². The number of nitrogens with zero attached hydrogens (tertiary/aromatic N) is 3. The van der Waals surface area contributed by atoms with Crippen LogP contribution in [0.5, 0.6) is 0 Å². The molecule has 3 amide bonds. The maximum absolute atomic E-state index is 13.1. The molecule has 0 aliphatic carbocycles. The third-order valence-electron chi connectivity index (χ3n) is 5.43. The zero-order valence-electron chi connectivity index (χ0n) is 16.3. The van der Waals surface area contributed by atoms with Gasteiger partial charge in [0.1, 0.15) is 6.04 Å². The van der Waals surface area contributed by atoms with Crippen LogP contribution in [0, 0.1) is 5.92 Å². The number of hydrogen-bond donors (Lipinski definition) is 0. The normalized spacial score (nSPS) is 20.7. The smallest absolute Gasteiger partial charge is 0.254 e. The van der Waals surface area contributed by atoms with Crippen molar-refractivity contribution in [1.29, 1.82) is 0 Å². The molecule has 0 spiro atoms. The van der Waals surface area contributed by atoms with Crippen LogP contribution in [-0.2, 0) is 9.59 Å². The van der Waals surface area contributed by atoms with Crippen LogP contribution in [0.15, 0.2) is 30.3 Å². The molecule has 0 bridgehead atoms. The summed E-state index contributed by atoms with van der Waals surface area (Å²) in [5.41, 5.74) is 0.627. The van der Waals surface area contributed by atoms with Gasteiger partial charge in [-0.25, -0.2) is 0 Å². The third-order valence-corrected chi connectivity index (χ3v) is 5.43. The zero-order valence-corrected chi connectivity index (χ0v) is 16.3. The molecule has 0 aromatic heterocycles. The number of likely N-dealkylation sites (tertiary alicyclic amines) is 1. The number of carbonyl (C=O) groups excluding carboxylic acids is 3. The van der Waals surface area contributed by atoms with Crippen molar-refractivity contribution in [3.63, 3.8) is 0 Å². The zero-order chi connectivity index (χ0) is 19.4. The topological polar surface area (TPSA) is 60.9 Å². The first kappa shape index (κ1) is 19.4. The third kappa shape index (κ3) is 4.31. The monoisotopic (exact) mass is 371 g/mol. The van der Waals surface area contributed by atoms with Gasteiger partial charge in [0.15, 0.2) is 0 Å². The second kappa shape index (κ2) is 8.55. The highest BCUT2D eigenvalue weighted by Crippen LogP contribution is 2.23. The highest BCUT2D eigenvalue weighted by Gasteiger charge is 2.37. The van der Waals surface area contributed by atoms with E-state index < -0.39 is 0 Å². The molecule has 1 unspecified atom stereocenters. The molecule has 1 atom stereocenters. The van der Waals surface area contributed by atoms with E-state index in [2.05, 4.69) is 0 Å². The Bertz CT molecular complexity index is 689. The van der Waals surface area contributed by atoms with Gasteiger partial charge in [-0.15, -0.1) is 0 Å². The fourth-order valence-corrected chi connectivity index (χ4v) is 3.95. The summed E-state index contributed by atoms with van der Waals surface area (Å²) in [5.74, 6) is 0.0700. The summed E-state index contributed by atoms with van der Waals surface area (Å²) in [6.45, 7) is 6.88. The molecule has 1 aromatic carbocycles. The van der Waals surface area contributed by atoms with E-state index in [1.807, 2.05) is 41.8 Å². The molecule has 2 fully saturated rings. The van der Waals surface area contributed by atoms with Crippen molar-refractivity contribution in [3.05, 3.63) is 35.9 Å². The summed E-state index contributed by atoms with van der Waals surface area (Å²) in [6, 6.07) is 8.77. The lowest BCUT2D eigenvalue weighted by Gasteiger charge is -2.30. The predicted octanol–water partition coefficient (Wildman–Crippen LogP) is 2.01. The van der Waals surface area contributed by atoms with Crippen molar-refractivity contribution in [2.75, 3.05) is 32.7 Å². The molecule has 6 nitrogen and oxygen atoms in total. The predicted molar refractivity (Wildman–Crippen MR) is 103 cm³/mol. The van der Waals surface area contributed by atoms with Gasteiger partial charge < -0.3 is 14.7 Å². The summed E-state index contributed by atoms with van der Waals surface area (Å²) in [5, 5.41) is 0. The van der Waals surface area contributed by atoms with Crippen LogP contribution in [0.2, 0.25) is 0 Å². The van der Waals surface area contributed by atoms with Crippen molar-refractivity contribution in [3.8, 4) is 0 Å². The lowest BCUT2D eigenvalue weighted by Crippen LogP contribution is -2.49. The first-order valence-corrected chi connectivity index (χ1v) is 9.92. The molecular weight excluding hydrogens is 342 g/mol. The molecular formula is C21H29N3O3. The summed E-state index contributed by atoms with van der Waals surface area (Å²) in [6.07, 6.45) is 2.34. The van der Waals surface area contributed by atoms with Gasteiger partial charge in [-0.05, 0) is 31.4 Å². The van der Waals surface area contributed by atoms with Crippen LogP contribution in [-0.4, -0.2) is 71.2 Å². The average Bonchev–Trinajstić information content (AvgIpc) is 3.04. The van der Waals surface area contributed by atoms with E-state index in [-0.39, 0.29) is 29.7 Å². The van der Waals surface area contributed by atoms with Crippen LogP contribution in [0.1, 0.15) is 43.5 Å². The quantitative estimate of drug-likeness (QED) is 0.817. The Morgan fingerprint density at radius 1 is 0.889 bits per heavy atom. The first-order valence-electron chi connectivity index (χ1n) is 9.92. The summed E-state index contributed by atoms with van der Waals surface area (Å²) in [4.78, 5) is 43.6. The molecule has 0 N–H and O–H groups in total. The Morgan fingerprint density at radius 3 is 2.26 bits per heavy atom. The average molecular weight is 371 g/mol. The van der Waals surface area contributed by atoms with Crippen molar-refractivity contribution in [2.24, 2.45) is 5.92 Å². The van der Waals surface area contributed by atoms with Gasteiger partial charge in [0, 0.05) is 44.2 Å². The Hall–Kier alpha value is -2.37. The molecule has 27 heavy (non-hydrogen) atoms. The highest BCUT2D eigenvalue weighted by atomic mass is 16.2. The van der Waals surface area contributed by atoms with Crippen LogP contribution in [0.25, 0.3) is 0 Å². The standard InChI is InChI=1S/C21H29N3O3/c1-16(2)19(25)22-11-7-12-23(15-14-22)21(27)18-10-6-13-24(18)20(26)17-8-4-3-5-9-17/h3-5,8-9,16,18H,6-7,10-15H2,1-2H3. The number of hydrogen-bond acceptors (Lipinski definition) is 3. The fraction of sp³-hybridized carbons (Fsp3) is 0.571. The number of amides is 3. The second-order valence-corrected chi connectivity index (χ2v) is 7.68. The lowest BCUT2D eigenvalue weighted by atomic mass is 10.1. The second-order valence-electron chi connectivity index (χ2n) is 7.68. The van der Waals surface area contributed by atoms with E-state index >= 15 is 0 Å². The molecule has 146 valence electrons. The minimum atomic E-state index is -0.384. The van der Waals surface area contributed by atoms with Gasteiger partial charge in [-0.1, -0.05) is 32.0 Å². The van der Waals surface area contributed by atoms with Gasteiger partial charge in [-0.3, -0.25) is 14.4 Å². The van der Waals surface area contributed by atoms with Crippen LogP contribution < -0.4 is 0 Å². The van der Waals surface area contributed by atoms with Gasteiger partial charge in [-0.2, -0.15) is 0 Å². The van der Waals surface area contributed by atoms with Crippen molar-refractivity contribution in [2.45, 2.75) is 39.2 Å². The van der Waals surface area contributed by atoms with E-state index in [1.54, 1.807) is 17.0 Å². The van der Waals surface area contributed by atoms with Crippen molar-refractivity contribution in [1.82, 2.24) is 14.7 Å². The number of benzene rings is 1. The summed E-state index contributed by atoms with van der Waals surface area (Å²) >= 11 is 0. The van der Waals surface area contributed by atoms with Crippen molar-refractivity contribution < 1.29 is 14.4 Å². The Morgan fingerprint density at radius 2 is 1.56 bits per heavy atom. The maximum Gasteiger partial charge on any atom is 0.254 e. The maximum atomic E-state index is 13.1. The lowest BCUT2D eigenvalue weighted by molar-refractivity contribution is -0.137. The molecule has 1 aromatic rings. The van der Waals surface area contributed by atoms with Crippen LogP contribution in [0.4, 0.5) is 0 Å².